The molecule has 2 N–H and O–H groups in total. The first kappa shape index (κ1) is 16.5. The summed E-state index contributed by atoms with van der Waals surface area (Å²) >= 11 is 5.93. The zero-order chi connectivity index (χ0) is 15.3. The van der Waals surface area contributed by atoms with Gasteiger partial charge in [0.25, 0.3) is 5.91 Å². The molecule has 1 rings (SSSR count). The molecule has 2 atom stereocenters. The van der Waals surface area contributed by atoms with E-state index >= 15 is 0 Å². The highest BCUT2D eigenvalue weighted by atomic mass is 35.5. The van der Waals surface area contributed by atoms with Gasteiger partial charge in [-0.15, -0.1) is 0 Å². The summed E-state index contributed by atoms with van der Waals surface area (Å²) in [6.07, 6.45) is 0. The maximum Gasteiger partial charge on any atom is 0.253 e. The van der Waals surface area contributed by atoms with Crippen molar-refractivity contribution in [3.63, 3.8) is 0 Å². The first-order valence-corrected chi connectivity index (χ1v) is 6.69. The number of hydrogen-bond donors (Lipinski definition) is 2. The first-order valence-electron chi connectivity index (χ1n) is 6.31. The number of carbonyl (C=O) groups is 2. The number of benzene rings is 1. The zero-order valence-electron chi connectivity index (χ0n) is 11.8. The number of likely N-dealkylation sites (N-methyl/N-ethyl adjacent to an activating group) is 1. The first-order chi connectivity index (χ1) is 9.38. The van der Waals surface area contributed by atoms with Crippen molar-refractivity contribution in [2.24, 2.45) is 0 Å². The second-order valence-corrected chi connectivity index (χ2v) is 5.06. The van der Waals surface area contributed by atoms with Crippen LogP contribution in [0.1, 0.15) is 24.2 Å². The molecule has 5 nitrogen and oxygen atoms in total. The minimum atomic E-state index is -0.697. The van der Waals surface area contributed by atoms with E-state index in [9.17, 15) is 9.59 Å². The molecule has 0 aromatic heterocycles. The molecule has 0 fully saturated rings. The van der Waals surface area contributed by atoms with Crippen molar-refractivity contribution in [2.45, 2.75) is 25.9 Å². The molecule has 2 amide bonds. The summed E-state index contributed by atoms with van der Waals surface area (Å²) in [7, 11) is 1.58. The molecule has 0 aliphatic rings. The fraction of sp³-hybridized carbons (Fsp3) is 0.429. The molecule has 1 aromatic rings. The van der Waals surface area contributed by atoms with Crippen molar-refractivity contribution in [1.82, 2.24) is 10.2 Å². The number of amides is 2. The Kier molecular flexibility index (Phi) is 5.98. The second-order valence-electron chi connectivity index (χ2n) is 4.66. The van der Waals surface area contributed by atoms with Crippen molar-refractivity contribution >= 4 is 23.4 Å². The predicted octanol–water partition coefficient (Wildman–Crippen LogP) is 1.30. The van der Waals surface area contributed by atoms with Crippen LogP contribution >= 0.6 is 11.6 Å². The third kappa shape index (κ3) is 3.95. The minimum Gasteiger partial charge on any atom is -0.394 e. The molecule has 0 radical (unpaired) electrons. The Morgan fingerprint density at radius 1 is 1.35 bits per heavy atom. The average Bonchev–Trinajstić information content (AvgIpc) is 2.44. The number of rotatable bonds is 5. The largest absolute Gasteiger partial charge is 0.394 e. The molecular weight excluding hydrogens is 280 g/mol. The van der Waals surface area contributed by atoms with Crippen LogP contribution in [0.4, 0.5) is 0 Å². The van der Waals surface area contributed by atoms with Crippen molar-refractivity contribution in [1.29, 1.82) is 0 Å². The molecule has 0 aliphatic carbocycles. The van der Waals surface area contributed by atoms with E-state index in [0.29, 0.717) is 10.6 Å². The molecule has 0 aliphatic heterocycles. The summed E-state index contributed by atoms with van der Waals surface area (Å²) in [4.78, 5) is 25.5. The Hall–Kier alpha value is -1.59. The Bertz CT molecular complexity index is 493. The van der Waals surface area contributed by atoms with E-state index in [2.05, 4.69) is 5.32 Å². The molecule has 0 heterocycles. The van der Waals surface area contributed by atoms with Crippen molar-refractivity contribution in [2.75, 3.05) is 13.7 Å². The van der Waals surface area contributed by atoms with Gasteiger partial charge in [-0.3, -0.25) is 9.59 Å². The molecule has 0 spiro atoms. The predicted molar refractivity (Wildman–Crippen MR) is 77.7 cm³/mol. The topological polar surface area (TPSA) is 69.6 Å². The van der Waals surface area contributed by atoms with Crippen LogP contribution in [0.15, 0.2) is 24.3 Å². The normalized spacial score (nSPS) is 13.4. The lowest BCUT2D eigenvalue weighted by molar-refractivity contribution is -0.134. The third-order valence-corrected chi connectivity index (χ3v) is 3.44. The molecule has 2 unspecified atom stereocenters. The molecule has 0 saturated carbocycles. The van der Waals surface area contributed by atoms with Crippen LogP contribution in [0.5, 0.6) is 0 Å². The molecule has 1 aromatic carbocycles. The minimum absolute atomic E-state index is 0.132. The fourth-order valence-electron chi connectivity index (χ4n) is 1.63. The van der Waals surface area contributed by atoms with E-state index in [1.165, 1.54) is 4.90 Å². The number of nitrogens with zero attached hydrogens (tertiary/aromatic N) is 1. The van der Waals surface area contributed by atoms with Gasteiger partial charge < -0.3 is 15.3 Å². The Morgan fingerprint density at radius 2 is 1.95 bits per heavy atom. The highest BCUT2D eigenvalue weighted by Crippen LogP contribution is 2.14. The lowest BCUT2D eigenvalue weighted by atomic mass is 10.2. The van der Waals surface area contributed by atoms with Gasteiger partial charge >= 0.3 is 0 Å². The van der Waals surface area contributed by atoms with E-state index in [4.69, 9.17) is 16.7 Å². The average molecular weight is 299 g/mol. The van der Waals surface area contributed by atoms with Gasteiger partial charge in [-0.05, 0) is 26.0 Å². The number of aliphatic hydroxyl groups excluding tert-OH is 1. The maximum absolute atomic E-state index is 12.1. The molecule has 6 heteroatoms. The monoisotopic (exact) mass is 298 g/mol. The molecular formula is C14H19ClN2O3. The van der Waals surface area contributed by atoms with E-state index in [1.54, 1.807) is 45.2 Å². The van der Waals surface area contributed by atoms with E-state index in [0.717, 1.165) is 0 Å². The smallest absolute Gasteiger partial charge is 0.253 e. The van der Waals surface area contributed by atoms with Crippen molar-refractivity contribution < 1.29 is 14.7 Å². The lowest BCUT2D eigenvalue weighted by Crippen LogP contribution is -2.49. The van der Waals surface area contributed by atoms with Gasteiger partial charge in [-0.2, -0.15) is 0 Å². The quantitative estimate of drug-likeness (QED) is 0.861. The number of hydrogen-bond acceptors (Lipinski definition) is 3. The fourth-order valence-corrected chi connectivity index (χ4v) is 1.85. The highest BCUT2D eigenvalue weighted by molar-refractivity contribution is 6.33. The Labute approximate surface area is 123 Å². The van der Waals surface area contributed by atoms with Gasteiger partial charge in [0.2, 0.25) is 5.91 Å². The van der Waals surface area contributed by atoms with Gasteiger partial charge in [0, 0.05) is 7.05 Å². The summed E-state index contributed by atoms with van der Waals surface area (Å²) in [5.74, 6) is -0.673. The number of carbonyl (C=O) groups excluding carboxylic acids is 2. The van der Waals surface area contributed by atoms with Crippen LogP contribution in [-0.2, 0) is 4.79 Å². The van der Waals surface area contributed by atoms with Crippen LogP contribution in [0.2, 0.25) is 5.02 Å². The van der Waals surface area contributed by atoms with Gasteiger partial charge in [0.1, 0.15) is 6.04 Å². The number of halogens is 1. The van der Waals surface area contributed by atoms with Crippen molar-refractivity contribution in [3.05, 3.63) is 34.9 Å². The third-order valence-electron chi connectivity index (χ3n) is 3.11. The summed E-state index contributed by atoms with van der Waals surface area (Å²) < 4.78 is 0. The van der Waals surface area contributed by atoms with E-state index < -0.39 is 11.9 Å². The molecule has 20 heavy (non-hydrogen) atoms. The van der Waals surface area contributed by atoms with Crippen molar-refractivity contribution in [3.8, 4) is 0 Å². The maximum atomic E-state index is 12.1. The van der Waals surface area contributed by atoms with Gasteiger partial charge in [-0.1, -0.05) is 23.7 Å². The van der Waals surface area contributed by atoms with E-state index in [1.807, 2.05) is 0 Å². The van der Waals surface area contributed by atoms with Crippen LogP contribution in [0, 0.1) is 0 Å². The van der Waals surface area contributed by atoms with Gasteiger partial charge in [0.15, 0.2) is 0 Å². The second kappa shape index (κ2) is 7.26. The number of aliphatic hydroxyl groups is 1. The standard InChI is InChI=1S/C14H19ClN2O3/c1-9(8-18)17(3)14(20)10(2)16-13(19)11-6-4-5-7-12(11)15/h4-7,9-10,18H,8H2,1-3H3,(H,16,19). The summed E-state index contributed by atoms with van der Waals surface area (Å²) in [5, 5.41) is 12.0. The van der Waals surface area contributed by atoms with Crippen LogP contribution in [0.25, 0.3) is 0 Å². The molecule has 0 bridgehead atoms. The lowest BCUT2D eigenvalue weighted by Gasteiger charge is -2.26. The Balaban J connectivity index is 2.71. The Morgan fingerprint density at radius 3 is 2.50 bits per heavy atom. The summed E-state index contributed by atoms with van der Waals surface area (Å²) in [6.45, 7) is 3.19. The van der Waals surface area contributed by atoms with Crippen LogP contribution < -0.4 is 5.32 Å². The summed E-state index contributed by atoms with van der Waals surface area (Å²) in [6, 6.07) is 5.63. The zero-order valence-corrected chi connectivity index (χ0v) is 12.5. The van der Waals surface area contributed by atoms with Crippen LogP contribution in [-0.4, -0.2) is 47.6 Å². The highest BCUT2D eigenvalue weighted by Gasteiger charge is 2.23. The summed E-state index contributed by atoms with van der Waals surface area (Å²) in [5.41, 5.74) is 0.326. The molecule has 0 saturated heterocycles. The van der Waals surface area contributed by atoms with E-state index in [-0.39, 0.29) is 18.6 Å². The van der Waals surface area contributed by atoms with Gasteiger partial charge in [-0.25, -0.2) is 0 Å². The SMILES string of the molecule is CC(NC(=O)c1ccccc1Cl)C(=O)N(C)C(C)CO. The molecule has 110 valence electrons. The number of nitrogens with one attached hydrogen (secondary N) is 1. The van der Waals surface area contributed by atoms with Crippen LogP contribution in [0.3, 0.4) is 0 Å². The van der Waals surface area contributed by atoms with Gasteiger partial charge in [0.05, 0.1) is 23.2 Å².